The average Bonchev–Trinajstić information content (AvgIpc) is 2.74. The molecular weight excluding hydrogens is 284 g/mol. The lowest BCUT2D eigenvalue weighted by Crippen LogP contribution is -1.92. The van der Waals surface area contributed by atoms with Crippen LogP contribution in [0.4, 0.5) is 0 Å². The van der Waals surface area contributed by atoms with Gasteiger partial charge in [-0.25, -0.2) is 0 Å². The van der Waals surface area contributed by atoms with E-state index in [0.717, 1.165) is 29.6 Å². The largest absolute Gasteiger partial charge is 0.508 e. The second kappa shape index (κ2) is 9.52. The number of phenols is 1. The highest BCUT2D eigenvalue weighted by molar-refractivity contribution is 5.75. The molecule has 1 aliphatic rings. The molecule has 0 aromatic heterocycles. The first-order valence-corrected chi connectivity index (χ1v) is 7.99. The summed E-state index contributed by atoms with van der Waals surface area (Å²) in [4.78, 5) is 0. The van der Waals surface area contributed by atoms with Crippen LogP contribution < -0.4 is 0 Å². The lowest BCUT2D eigenvalue weighted by molar-refractivity contribution is 0.432. The van der Waals surface area contributed by atoms with Gasteiger partial charge in [0.2, 0.25) is 0 Å². The Morgan fingerprint density at radius 3 is 2.39 bits per heavy atom. The summed E-state index contributed by atoms with van der Waals surface area (Å²) in [5.74, 6) is 0.370. The van der Waals surface area contributed by atoms with Crippen molar-refractivity contribution in [3.63, 3.8) is 0 Å². The first kappa shape index (κ1) is 18.6. The van der Waals surface area contributed by atoms with E-state index in [9.17, 15) is 10.2 Å². The van der Waals surface area contributed by atoms with Crippen molar-refractivity contribution in [2.45, 2.75) is 33.1 Å². The zero-order valence-corrected chi connectivity index (χ0v) is 14.0. The highest BCUT2D eigenvalue weighted by Gasteiger charge is 2.13. The van der Waals surface area contributed by atoms with Crippen LogP contribution in [0.3, 0.4) is 0 Å². The third-order valence-corrected chi connectivity index (χ3v) is 3.48. The fourth-order valence-electron chi connectivity index (χ4n) is 2.38. The van der Waals surface area contributed by atoms with Gasteiger partial charge >= 0.3 is 0 Å². The highest BCUT2D eigenvalue weighted by atomic mass is 16.3. The van der Waals surface area contributed by atoms with Gasteiger partial charge in [-0.1, -0.05) is 44.2 Å². The van der Waals surface area contributed by atoms with Crippen molar-refractivity contribution in [2.75, 3.05) is 0 Å². The Bertz CT molecular complexity index is 643. The van der Waals surface area contributed by atoms with Gasteiger partial charge in [-0.05, 0) is 48.6 Å². The fraction of sp³-hybridized carbons (Fsp3) is 0.238. The lowest BCUT2D eigenvalue weighted by Gasteiger charge is -2.10. The minimum atomic E-state index is 0.179. The van der Waals surface area contributed by atoms with Gasteiger partial charge in [-0.2, -0.15) is 0 Å². The van der Waals surface area contributed by atoms with Crippen LogP contribution in [0.1, 0.15) is 37.8 Å². The standard InChI is InChI=1S/C19H20O2.C2H6/c1-3-5-14-7-10-16(18(20)11-8-14)17-13-15(6-4-2)9-12-19(17)21;1-2/h3-4,7-9,11-13,20-21H,1-2,5-6,10H2;1-2H3. The van der Waals surface area contributed by atoms with Crippen molar-refractivity contribution in [1.29, 1.82) is 0 Å². The Hall–Kier alpha value is -2.48. The van der Waals surface area contributed by atoms with Crippen molar-refractivity contribution in [3.05, 3.63) is 84.2 Å². The summed E-state index contributed by atoms with van der Waals surface area (Å²) in [6.07, 6.45) is 11.3. The van der Waals surface area contributed by atoms with E-state index in [-0.39, 0.29) is 11.5 Å². The van der Waals surface area contributed by atoms with Crippen LogP contribution in [-0.2, 0) is 6.42 Å². The molecule has 1 aromatic rings. The number of phenolic OH excluding ortho intramolecular Hbond substituents is 1. The number of hydrogen-bond donors (Lipinski definition) is 2. The zero-order chi connectivity index (χ0) is 17.2. The molecule has 0 saturated heterocycles. The predicted molar refractivity (Wildman–Crippen MR) is 99.6 cm³/mol. The van der Waals surface area contributed by atoms with Crippen LogP contribution in [0, 0.1) is 0 Å². The van der Waals surface area contributed by atoms with E-state index < -0.39 is 0 Å². The third-order valence-electron chi connectivity index (χ3n) is 3.48. The van der Waals surface area contributed by atoms with E-state index in [4.69, 9.17) is 0 Å². The summed E-state index contributed by atoms with van der Waals surface area (Å²) in [5, 5.41) is 20.3. The molecule has 0 atom stereocenters. The summed E-state index contributed by atoms with van der Waals surface area (Å²) in [5.41, 5.74) is 3.57. The topological polar surface area (TPSA) is 40.5 Å². The van der Waals surface area contributed by atoms with Gasteiger partial charge in [0.25, 0.3) is 0 Å². The van der Waals surface area contributed by atoms with Gasteiger partial charge < -0.3 is 10.2 Å². The number of aromatic hydroxyl groups is 1. The first-order chi connectivity index (χ1) is 11.2. The van der Waals surface area contributed by atoms with E-state index >= 15 is 0 Å². The number of allylic oxidation sites excluding steroid dienone is 7. The summed E-state index contributed by atoms with van der Waals surface area (Å²) in [6.45, 7) is 11.5. The van der Waals surface area contributed by atoms with E-state index in [0.29, 0.717) is 12.0 Å². The summed E-state index contributed by atoms with van der Waals surface area (Å²) in [6, 6.07) is 5.43. The van der Waals surface area contributed by atoms with Crippen molar-refractivity contribution >= 4 is 5.57 Å². The minimum absolute atomic E-state index is 0.179. The van der Waals surface area contributed by atoms with Crippen LogP contribution in [0.25, 0.3) is 5.57 Å². The molecule has 0 saturated carbocycles. The molecule has 1 aromatic carbocycles. The second-order valence-electron chi connectivity index (χ2n) is 5.02. The van der Waals surface area contributed by atoms with Crippen LogP contribution >= 0.6 is 0 Å². The fourth-order valence-corrected chi connectivity index (χ4v) is 2.38. The smallest absolute Gasteiger partial charge is 0.123 e. The van der Waals surface area contributed by atoms with Gasteiger partial charge in [0.05, 0.1) is 0 Å². The average molecular weight is 310 g/mol. The molecule has 23 heavy (non-hydrogen) atoms. The van der Waals surface area contributed by atoms with E-state index in [1.54, 1.807) is 12.1 Å². The second-order valence-corrected chi connectivity index (χ2v) is 5.02. The third kappa shape index (κ3) is 5.03. The Kier molecular flexibility index (Phi) is 7.69. The highest BCUT2D eigenvalue weighted by Crippen LogP contribution is 2.33. The Morgan fingerprint density at radius 1 is 1.04 bits per heavy atom. The van der Waals surface area contributed by atoms with Crippen molar-refractivity contribution in [1.82, 2.24) is 0 Å². The molecule has 0 bridgehead atoms. The van der Waals surface area contributed by atoms with Crippen LogP contribution in [0.2, 0.25) is 0 Å². The van der Waals surface area contributed by atoms with Crippen LogP contribution in [0.15, 0.2) is 73.1 Å². The normalized spacial score (nSPS) is 13.6. The van der Waals surface area contributed by atoms with Crippen molar-refractivity contribution < 1.29 is 10.2 Å². The Balaban J connectivity index is 0.00000127. The molecule has 0 spiro atoms. The van der Waals surface area contributed by atoms with E-state index in [2.05, 4.69) is 19.2 Å². The first-order valence-electron chi connectivity index (χ1n) is 7.99. The monoisotopic (exact) mass is 310 g/mol. The molecule has 2 heteroatoms. The van der Waals surface area contributed by atoms with Gasteiger partial charge in [0.1, 0.15) is 11.5 Å². The quantitative estimate of drug-likeness (QED) is 0.667. The van der Waals surface area contributed by atoms with Gasteiger partial charge in [0.15, 0.2) is 0 Å². The molecule has 2 nitrogen and oxygen atoms in total. The lowest BCUT2D eigenvalue weighted by atomic mass is 9.97. The molecule has 0 radical (unpaired) electrons. The van der Waals surface area contributed by atoms with Crippen LogP contribution in [0.5, 0.6) is 5.75 Å². The van der Waals surface area contributed by atoms with Crippen molar-refractivity contribution in [2.24, 2.45) is 0 Å². The SMILES string of the molecule is C=CCC1=CCC(c2cc(CC=C)ccc2O)=C(O)C=C1.CC. The molecule has 0 fully saturated rings. The number of rotatable bonds is 5. The number of aliphatic hydroxyl groups excluding tert-OH is 1. The van der Waals surface area contributed by atoms with Gasteiger partial charge in [0, 0.05) is 11.1 Å². The van der Waals surface area contributed by atoms with Gasteiger partial charge in [-0.3, -0.25) is 0 Å². The van der Waals surface area contributed by atoms with E-state index in [1.807, 2.05) is 44.2 Å². The maximum absolute atomic E-state index is 10.2. The molecule has 2 N–H and O–H groups in total. The molecule has 122 valence electrons. The molecule has 0 heterocycles. The Morgan fingerprint density at radius 2 is 1.74 bits per heavy atom. The molecule has 0 unspecified atom stereocenters. The molecule has 0 amide bonds. The number of benzene rings is 1. The minimum Gasteiger partial charge on any atom is -0.508 e. The molecular formula is C21H26O2. The molecule has 0 aliphatic heterocycles. The molecule has 1 aliphatic carbocycles. The number of aliphatic hydroxyl groups is 1. The Labute approximate surface area is 139 Å². The molecule has 2 rings (SSSR count). The zero-order valence-electron chi connectivity index (χ0n) is 14.0. The summed E-state index contributed by atoms with van der Waals surface area (Å²) >= 11 is 0. The summed E-state index contributed by atoms with van der Waals surface area (Å²) < 4.78 is 0. The van der Waals surface area contributed by atoms with Crippen LogP contribution in [-0.4, -0.2) is 10.2 Å². The number of hydrogen-bond acceptors (Lipinski definition) is 2. The summed E-state index contributed by atoms with van der Waals surface area (Å²) in [7, 11) is 0. The van der Waals surface area contributed by atoms with E-state index in [1.165, 1.54) is 0 Å². The maximum Gasteiger partial charge on any atom is 0.123 e. The van der Waals surface area contributed by atoms with Gasteiger partial charge in [-0.15, -0.1) is 13.2 Å². The predicted octanol–water partition coefficient (Wildman–Crippen LogP) is 5.88. The van der Waals surface area contributed by atoms with Crippen molar-refractivity contribution in [3.8, 4) is 5.75 Å². The maximum atomic E-state index is 10.2.